The van der Waals surface area contributed by atoms with Crippen LogP contribution < -0.4 is 0 Å². The molecule has 0 aromatic heterocycles. The average Bonchev–Trinajstić information content (AvgIpc) is 2.16. The second-order valence-electron chi connectivity index (χ2n) is 2.63. The zero-order valence-corrected chi connectivity index (χ0v) is 8.29. The van der Waals surface area contributed by atoms with Crippen molar-refractivity contribution in [2.75, 3.05) is 6.61 Å². The quantitative estimate of drug-likeness (QED) is 0.390. The van der Waals surface area contributed by atoms with Crippen LogP contribution in [0, 0.1) is 11.8 Å². The molecule has 0 radical (unpaired) electrons. The van der Waals surface area contributed by atoms with Gasteiger partial charge in [0.15, 0.2) is 0 Å². The van der Waals surface area contributed by atoms with E-state index in [0.29, 0.717) is 6.42 Å². The van der Waals surface area contributed by atoms with Crippen molar-refractivity contribution in [1.82, 2.24) is 0 Å². The highest BCUT2D eigenvalue weighted by Gasteiger charge is 1.74. The van der Waals surface area contributed by atoms with Gasteiger partial charge in [-0.1, -0.05) is 31.2 Å². The highest BCUT2D eigenvalue weighted by atomic mass is 16.2. The molecule has 1 N–H and O–H groups in total. The molecular weight excluding hydrogens is 160 g/mol. The molecule has 0 unspecified atom stereocenters. The number of unbranched alkanes of at least 4 members (excludes halogenated alkanes) is 1. The second kappa shape index (κ2) is 11.0. The van der Waals surface area contributed by atoms with Gasteiger partial charge in [0.2, 0.25) is 0 Å². The van der Waals surface area contributed by atoms with Gasteiger partial charge in [0.1, 0.15) is 0 Å². The van der Waals surface area contributed by atoms with Gasteiger partial charge >= 0.3 is 0 Å². The van der Waals surface area contributed by atoms with E-state index in [1.165, 1.54) is 0 Å². The molecule has 0 rings (SSSR count). The van der Waals surface area contributed by atoms with E-state index in [0.717, 1.165) is 19.3 Å². The summed E-state index contributed by atoms with van der Waals surface area (Å²) in [5.74, 6) is 5.88. The van der Waals surface area contributed by atoms with Crippen molar-refractivity contribution in [2.45, 2.75) is 32.6 Å². The Morgan fingerprint density at radius 3 is 2.46 bits per heavy atom. The Kier molecular flexibility index (Phi) is 10.2. The third-order valence-electron chi connectivity index (χ3n) is 1.42. The molecule has 0 atom stereocenters. The molecule has 0 aromatic rings. The Balaban J connectivity index is 3.30. The Morgan fingerprint density at radius 2 is 1.77 bits per heavy atom. The van der Waals surface area contributed by atoms with Crippen LogP contribution in [-0.2, 0) is 0 Å². The SMILES string of the molecule is CCC=CC=CCCC#CCCO. The fourth-order valence-electron chi connectivity index (χ4n) is 0.778. The van der Waals surface area contributed by atoms with Gasteiger partial charge in [-0.3, -0.25) is 0 Å². The standard InChI is InChI=1S/C12H18O/c1-2-3-4-5-6-7-8-9-10-11-12-13/h3-6,13H,2,7-8,11-12H2,1H3. The maximum absolute atomic E-state index is 8.44. The van der Waals surface area contributed by atoms with Crippen molar-refractivity contribution in [1.29, 1.82) is 0 Å². The van der Waals surface area contributed by atoms with Crippen LogP contribution >= 0.6 is 0 Å². The van der Waals surface area contributed by atoms with Gasteiger partial charge in [-0.15, -0.1) is 11.8 Å². The largest absolute Gasteiger partial charge is 0.395 e. The van der Waals surface area contributed by atoms with Gasteiger partial charge in [-0.2, -0.15) is 0 Å². The van der Waals surface area contributed by atoms with E-state index >= 15 is 0 Å². The highest BCUT2D eigenvalue weighted by Crippen LogP contribution is 1.90. The molecule has 0 bridgehead atoms. The molecule has 0 aromatic carbocycles. The molecule has 0 spiro atoms. The maximum atomic E-state index is 8.44. The van der Waals surface area contributed by atoms with Crippen LogP contribution in [0.5, 0.6) is 0 Å². The van der Waals surface area contributed by atoms with Gasteiger partial charge < -0.3 is 5.11 Å². The van der Waals surface area contributed by atoms with E-state index in [9.17, 15) is 0 Å². The molecule has 72 valence electrons. The van der Waals surface area contributed by atoms with Gasteiger partial charge in [0.25, 0.3) is 0 Å². The van der Waals surface area contributed by atoms with Crippen LogP contribution in [0.3, 0.4) is 0 Å². The number of hydrogen-bond acceptors (Lipinski definition) is 1. The topological polar surface area (TPSA) is 20.2 Å². The first-order valence-corrected chi connectivity index (χ1v) is 4.80. The summed E-state index contributed by atoms with van der Waals surface area (Å²) in [4.78, 5) is 0. The summed E-state index contributed by atoms with van der Waals surface area (Å²) in [6, 6.07) is 0. The van der Waals surface area contributed by atoms with Crippen LogP contribution in [0.15, 0.2) is 24.3 Å². The van der Waals surface area contributed by atoms with E-state index in [-0.39, 0.29) is 6.61 Å². The van der Waals surface area contributed by atoms with Crippen molar-refractivity contribution in [3.8, 4) is 11.8 Å². The van der Waals surface area contributed by atoms with Crippen LogP contribution in [-0.4, -0.2) is 11.7 Å². The molecule has 0 heterocycles. The smallest absolute Gasteiger partial charge is 0.0540 e. The van der Waals surface area contributed by atoms with E-state index in [2.05, 4.69) is 43.1 Å². The minimum atomic E-state index is 0.169. The lowest BCUT2D eigenvalue weighted by atomic mass is 10.2. The molecule has 0 fully saturated rings. The molecule has 13 heavy (non-hydrogen) atoms. The number of rotatable bonds is 5. The summed E-state index contributed by atoms with van der Waals surface area (Å²) in [6.07, 6.45) is 11.9. The van der Waals surface area contributed by atoms with E-state index in [1.807, 2.05) is 0 Å². The molecule has 0 saturated heterocycles. The fraction of sp³-hybridized carbons (Fsp3) is 0.500. The van der Waals surface area contributed by atoms with Crippen molar-refractivity contribution in [3.05, 3.63) is 24.3 Å². The molecule has 0 amide bonds. The summed E-state index contributed by atoms with van der Waals surface area (Å²) in [5.41, 5.74) is 0. The van der Waals surface area contributed by atoms with Crippen LogP contribution in [0.4, 0.5) is 0 Å². The number of aliphatic hydroxyl groups is 1. The van der Waals surface area contributed by atoms with Crippen LogP contribution in [0.1, 0.15) is 32.6 Å². The van der Waals surface area contributed by atoms with E-state index in [4.69, 9.17) is 5.11 Å². The number of aliphatic hydroxyl groups excluding tert-OH is 1. The summed E-state index contributed by atoms with van der Waals surface area (Å²) >= 11 is 0. The van der Waals surface area contributed by atoms with Crippen LogP contribution in [0.2, 0.25) is 0 Å². The summed E-state index contributed by atoms with van der Waals surface area (Å²) in [5, 5.41) is 8.44. The molecule has 1 nitrogen and oxygen atoms in total. The molecule has 0 saturated carbocycles. The second-order valence-corrected chi connectivity index (χ2v) is 2.63. The summed E-state index contributed by atoms with van der Waals surface area (Å²) in [7, 11) is 0. The van der Waals surface area contributed by atoms with Crippen molar-refractivity contribution < 1.29 is 5.11 Å². The normalized spacial score (nSPS) is 10.6. The first kappa shape index (κ1) is 12.0. The van der Waals surface area contributed by atoms with Gasteiger partial charge in [0.05, 0.1) is 6.61 Å². The predicted molar refractivity (Wildman–Crippen MR) is 57.3 cm³/mol. The average molecular weight is 178 g/mol. The number of allylic oxidation sites excluding steroid dienone is 4. The van der Waals surface area contributed by atoms with E-state index in [1.54, 1.807) is 0 Å². The third-order valence-corrected chi connectivity index (χ3v) is 1.42. The Hall–Kier alpha value is -1.00. The lowest BCUT2D eigenvalue weighted by Gasteiger charge is -1.82. The van der Waals surface area contributed by atoms with Gasteiger partial charge in [-0.25, -0.2) is 0 Å². The Labute approximate surface area is 81.2 Å². The van der Waals surface area contributed by atoms with Crippen LogP contribution in [0.25, 0.3) is 0 Å². The lowest BCUT2D eigenvalue weighted by Crippen LogP contribution is -1.75. The fourth-order valence-corrected chi connectivity index (χ4v) is 0.778. The molecular formula is C12H18O. The lowest BCUT2D eigenvalue weighted by molar-refractivity contribution is 0.305. The van der Waals surface area contributed by atoms with Gasteiger partial charge in [-0.05, 0) is 12.8 Å². The van der Waals surface area contributed by atoms with Crippen molar-refractivity contribution in [2.24, 2.45) is 0 Å². The monoisotopic (exact) mass is 178 g/mol. The molecule has 1 heteroatoms. The number of hydrogen-bond donors (Lipinski definition) is 1. The summed E-state index contributed by atoms with van der Waals surface area (Å²) < 4.78 is 0. The predicted octanol–water partition coefficient (Wildman–Crippen LogP) is 2.67. The highest BCUT2D eigenvalue weighted by molar-refractivity contribution is 5.05. The Bertz CT molecular complexity index is 203. The zero-order chi connectivity index (χ0) is 9.78. The minimum absolute atomic E-state index is 0.169. The molecule has 0 aliphatic carbocycles. The van der Waals surface area contributed by atoms with E-state index < -0.39 is 0 Å². The first-order valence-electron chi connectivity index (χ1n) is 4.80. The zero-order valence-electron chi connectivity index (χ0n) is 8.29. The van der Waals surface area contributed by atoms with Gasteiger partial charge in [0, 0.05) is 12.8 Å². The third kappa shape index (κ3) is 11.0. The summed E-state index contributed by atoms with van der Waals surface area (Å²) in [6.45, 7) is 2.28. The maximum Gasteiger partial charge on any atom is 0.0540 e. The Morgan fingerprint density at radius 1 is 1.08 bits per heavy atom. The first-order chi connectivity index (χ1) is 6.41. The van der Waals surface area contributed by atoms with Crippen molar-refractivity contribution in [3.63, 3.8) is 0 Å². The molecule has 0 aliphatic heterocycles. The molecule has 0 aliphatic rings. The minimum Gasteiger partial charge on any atom is -0.395 e. The van der Waals surface area contributed by atoms with Crippen molar-refractivity contribution >= 4 is 0 Å².